The monoisotopic (exact) mass is 633 g/mol. The van der Waals surface area contributed by atoms with Gasteiger partial charge in [-0.1, -0.05) is 112 Å². The highest BCUT2D eigenvalue weighted by atomic mass is 80.0. The van der Waals surface area contributed by atoms with Crippen molar-refractivity contribution in [1.29, 1.82) is 0 Å². The van der Waals surface area contributed by atoms with Gasteiger partial charge >= 0.3 is 5.97 Å². The molecule has 0 aromatic heterocycles. The van der Waals surface area contributed by atoms with Crippen LogP contribution in [0, 0.1) is 0 Å². The molecule has 0 rings (SSSR count). The third-order valence-corrected chi connectivity index (χ3v) is 9.37. The molecular weight excluding hydrogens is 639 g/mol. The van der Waals surface area contributed by atoms with Crippen LogP contribution in [0.4, 0.5) is 0 Å². The molecule has 0 amide bonds. The van der Waals surface area contributed by atoms with Crippen molar-refractivity contribution in [2.45, 2.75) is 8.61 Å². The van der Waals surface area contributed by atoms with Crippen molar-refractivity contribution < 1.29 is 9.90 Å². The molecule has 0 aromatic carbocycles. The lowest BCUT2D eigenvalue weighted by molar-refractivity contribution is -0.138. The molecule has 0 unspecified atom stereocenters. The summed E-state index contributed by atoms with van der Waals surface area (Å²) < 4.78 is -3.45. The van der Waals surface area contributed by atoms with Crippen molar-refractivity contribution in [2.24, 2.45) is 0 Å². The highest BCUT2D eigenvalue weighted by molar-refractivity contribution is 9.42. The zero-order valence-corrected chi connectivity index (χ0v) is 16.6. The van der Waals surface area contributed by atoms with Gasteiger partial charge in [-0.3, -0.25) is 4.79 Å². The first-order chi connectivity index (χ1) is 5.44. The maximum absolute atomic E-state index is 11.1. The van der Waals surface area contributed by atoms with Crippen LogP contribution in [0.1, 0.15) is 0 Å². The van der Waals surface area contributed by atoms with Crippen molar-refractivity contribution in [1.82, 2.24) is 0 Å². The minimum absolute atomic E-state index is 1.03. The summed E-state index contributed by atoms with van der Waals surface area (Å²) in [4.78, 5) is 11.1. The summed E-state index contributed by atoms with van der Waals surface area (Å²) in [5.41, 5.74) is 0. The number of carbonyl (C=O) groups is 1. The van der Waals surface area contributed by atoms with Crippen LogP contribution in [0.3, 0.4) is 0 Å². The fraction of sp³-hybridized carbons (Fsp3) is 0.750. The first kappa shape index (κ1) is 15.8. The second-order valence-corrected chi connectivity index (χ2v) is 16.7. The Morgan fingerprint density at radius 1 is 0.846 bits per heavy atom. The Hall–Kier alpha value is 2.83. The summed E-state index contributed by atoms with van der Waals surface area (Å²) in [5, 5.41) is 9.08. The van der Waals surface area contributed by atoms with Crippen LogP contribution >= 0.6 is 112 Å². The molecule has 0 aliphatic heterocycles. The lowest BCUT2D eigenvalue weighted by Crippen LogP contribution is -2.53. The average molecular weight is 640 g/mol. The van der Waals surface area contributed by atoms with Crippen LogP contribution in [0.15, 0.2) is 0 Å². The van der Waals surface area contributed by atoms with E-state index in [1.165, 1.54) is 0 Å². The van der Waals surface area contributed by atoms with E-state index < -0.39 is 14.6 Å². The van der Waals surface area contributed by atoms with E-state index in [1.54, 1.807) is 0 Å². The van der Waals surface area contributed by atoms with Gasteiger partial charge in [-0.05, 0) is 0 Å². The summed E-state index contributed by atoms with van der Waals surface area (Å²) in [6.45, 7) is 0. The number of carboxylic acid groups (broad SMARTS) is 1. The number of rotatable bonds is 1. The standard InChI is InChI=1S/C4HBr7O2/c5-2(1(12)13,3(6,7)8)4(9,10)11/h(H,12,13). The highest BCUT2D eigenvalue weighted by Crippen LogP contribution is 2.61. The third kappa shape index (κ3) is 3.39. The number of alkyl halides is 7. The molecule has 0 aliphatic carbocycles. The van der Waals surface area contributed by atoms with E-state index in [9.17, 15) is 4.79 Å². The minimum atomic E-state index is -1.40. The van der Waals surface area contributed by atoms with Crippen molar-refractivity contribution in [3.8, 4) is 0 Å². The van der Waals surface area contributed by atoms with Crippen LogP contribution in [-0.2, 0) is 4.79 Å². The molecule has 0 aromatic rings. The maximum atomic E-state index is 11.1. The first-order valence-electron chi connectivity index (χ1n) is 2.50. The van der Waals surface area contributed by atoms with E-state index in [2.05, 4.69) is 112 Å². The second kappa shape index (κ2) is 5.00. The molecule has 0 bridgehead atoms. The van der Waals surface area contributed by atoms with Crippen LogP contribution in [-0.4, -0.2) is 19.7 Å². The van der Waals surface area contributed by atoms with E-state index in [-0.39, 0.29) is 0 Å². The quantitative estimate of drug-likeness (QED) is 0.416. The number of aliphatic carboxylic acids is 1. The molecule has 0 heterocycles. The lowest BCUT2D eigenvalue weighted by Gasteiger charge is -2.37. The molecule has 0 aliphatic rings. The van der Waals surface area contributed by atoms with Crippen LogP contribution in [0.2, 0.25) is 0 Å². The first-order valence-corrected chi connectivity index (χ1v) is 8.05. The summed E-state index contributed by atoms with van der Waals surface area (Å²) in [6, 6.07) is 0. The van der Waals surface area contributed by atoms with Gasteiger partial charge in [0, 0.05) is 0 Å². The summed E-state index contributed by atoms with van der Waals surface area (Å²) >= 11 is 22.0. The SMILES string of the molecule is O=C(O)C(Br)(C(Br)(Br)Br)C(Br)(Br)Br. The van der Waals surface area contributed by atoms with E-state index in [1.807, 2.05) is 0 Å². The van der Waals surface area contributed by atoms with Gasteiger partial charge in [-0.25, -0.2) is 0 Å². The van der Waals surface area contributed by atoms with Gasteiger partial charge < -0.3 is 5.11 Å². The van der Waals surface area contributed by atoms with E-state index >= 15 is 0 Å². The molecule has 78 valence electrons. The lowest BCUT2D eigenvalue weighted by atomic mass is 10.2. The number of carboxylic acids is 1. The van der Waals surface area contributed by atoms with Crippen LogP contribution in [0.25, 0.3) is 0 Å². The molecule has 0 saturated heterocycles. The van der Waals surface area contributed by atoms with Gasteiger partial charge in [-0.15, -0.1) is 0 Å². The van der Waals surface area contributed by atoms with Gasteiger partial charge in [0.15, 0.2) is 8.61 Å². The Bertz CT molecular complexity index is 200. The minimum Gasteiger partial charge on any atom is -0.480 e. The largest absolute Gasteiger partial charge is 0.480 e. The van der Waals surface area contributed by atoms with Gasteiger partial charge in [0.1, 0.15) is 0 Å². The second-order valence-electron chi connectivity index (χ2n) is 1.96. The molecular formula is C4HBr7O2. The number of hydrogen-bond acceptors (Lipinski definition) is 1. The number of halogens is 7. The summed E-state index contributed by atoms with van der Waals surface area (Å²) in [5.74, 6) is -1.08. The number of hydrogen-bond donors (Lipinski definition) is 1. The molecule has 0 radical (unpaired) electrons. The van der Waals surface area contributed by atoms with Gasteiger partial charge in [0.2, 0.25) is 0 Å². The van der Waals surface area contributed by atoms with E-state index in [4.69, 9.17) is 5.11 Å². The molecule has 0 spiro atoms. The Balaban J connectivity index is 5.35. The Labute approximate surface area is 134 Å². The fourth-order valence-corrected chi connectivity index (χ4v) is 5.60. The molecule has 1 N–H and O–H groups in total. The zero-order valence-electron chi connectivity index (χ0n) is 5.50. The Kier molecular flexibility index (Phi) is 6.08. The molecule has 9 heteroatoms. The van der Waals surface area contributed by atoms with E-state index in [0.29, 0.717) is 0 Å². The van der Waals surface area contributed by atoms with Crippen molar-refractivity contribution in [3.05, 3.63) is 0 Å². The zero-order chi connectivity index (χ0) is 11.1. The van der Waals surface area contributed by atoms with Gasteiger partial charge in [-0.2, -0.15) is 0 Å². The average Bonchev–Trinajstić information content (AvgIpc) is 1.80. The normalized spacial score (nSPS) is 14.4. The molecule has 2 nitrogen and oxygen atoms in total. The predicted octanol–water partition coefficient (Wildman–Crippen LogP) is 4.88. The van der Waals surface area contributed by atoms with Crippen LogP contribution in [0.5, 0.6) is 0 Å². The third-order valence-electron chi connectivity index (χ3n) is 1.08. The molecule has 0 atom stereocenters. The molecule has 13 heavy (non-hydrogen) atoms. The Morgan fingerprint density at radius 2 is 1.08 bits per heavy atom. The maximum Gasteiger partial charge on any atom is 0.327 e. The van der Waals surface area contributed by atoms with Crippen molar-refractivity contribution >= 4 is 117 Å². The van der Waals surface area contributed by atoms with Crippen LogP contribution < -0.4 is 0 Å². The van der Waals surface area contributed by atoms with Crippen molar-refractivity contribution in [3.63, 3.8) is 0 Å². The topological polar surface area (TPSA) is 37.3 Å². The van der Waals surface area contributed by atoms with Gasteiger partial charge in [0.05, 0.1) is 0 Å². The molecule has 0 saturated carbocycles. The van der Waals surface area contributed by atoms with Crippen molar-refractivity contribution in [2.75, 3.05) is 0 Å². The predicted molar refractivity (Wildman–Crippen MR) is 78.3 cm³/mol. The smallest absolute Gasteiger partial charge is 0.327 e. The molecule has 0 fully saturated rings. The van der Waals surface area contributed by atoms with Gasteiger partial charge in [0.25, 0.3) is 0 Å². The Morgan fingerprint density at radius 3 is 1.08 bits per heavy atom. The highest BCUT2D eigenvalue weighted by Gasteiger charge is 2.63. The fourth-order valence-electron chi connectivity index (χ4n) is 0.403. The summed E-state index contributed by atoms with van der Waals surface area (Å²) in [6.07, 6.45) is 0. The summed E-state index contributed by atoms with van der Waals surface area (Å²) in [7, 11) is 0. The van der Waals surface area contributed by atoms with E-state index in [0.717, 1.165) is 0 Å².